The predicted molar refractivity (Wildman–Crippen MR) is 67.9 cm³/mol. The van der Waals surface area contributed by atoms with Crippen LogP contribution in [0.15, 0.2) is 0 Å². The first-order valence-electron chi connectivity index (χ1n) is 5.62. The van der Waals surface area contributed by atoms with Gasteiger partial charge in [-0.15, -0.1) is 12.4 Å². The Morgan fingerprint density at radius 3 is 1.80 bits per heavy atom. The molecule has 2 aliphatic heterocycles. The third-order valence-corrected chi connectivity index (χ3v) is 2.53. The molecule has 92 valence electrons. The van der Waals surface area contributed by atoms with Crippen molar-refractivity contribution in [3.63, 3.8) is 0 Å². The Balaban J connectivity index is 0.000000253. The fourth-order valence-electron chi connectivity index (χ4n) is 1.73. The number of nitrogens with zero attached hydrogens (tertiary/aromatic N) is 1. The van der Waals surface area contributed by atoms with E-state index < -0.39 is 0 Å². The van der Waals surface area contributed by atoms with E-state index in [1.165, 1.54) is 13.1 Å². The van der Waals surface area contributed by atoms with E-state index in [0.717, 1.165) is 32.7 Å². The molecule has 4 nitrogen and oxygen atoms in total. The largest absolute Gasteiger partial charge is 0.314 e. The van der Waals surface area contributed by atoms with Crippen molar-refractivity contribution in [2.75, 3.05) is 52.9 Å². The van der Waals surface area contributed by atoms with Gasteiger partial charge in [-0.05, 0) is 14.0 Å². The normalized spacial score (nSPS) is 27.2. The van der Waals surface area contributed by atoms with E-state index in [1.54, 1.807) is 0 Å². The molecule has 0 aliphatic carbocycles. The van der Waals surface area contributed by atoms with Gasteiger partial charge in [-0.1, -0.05) is 0 Å². The number of rotatable bonds is 0. The van der Waals surface area contributed by atoms with Crippen molar-refractivity contribution < 1.29 is 0 Å². The zero-order valence-electron chi connectivity index (χ0n) is 9.88. The smallest absolute Gasteiger partial charge is 0.0167 e. The maximum Gasteiger partial charge on any atom is 0.0167 e. The Morgan fingerprint density at radius 1 is 1.00 bits per heavy atom. The summed E-state index contributed by atoms with van der Waals surface area (Å²) < 4.78 is 0. The number of halogens is 1. The van der Waals surface area contributed by atoms with Crippen LogP contribution < -0.4 is 16.0 Å². The van der Waals surface area contributed by atoms with Gasteiger partial charge in [0, 0.05) is 51.9 Å². The van der Waals surface area contributed by atoms with Gasteiger partial charge in [0.2, 0.25) is 0 Å². The first-order chi connectivity index (χ1) is 6.79. The minimum absolute atomic E-state index is 0. The topological polar surface area (TPSA) is 39.3 Å². The lowest BCUT2D eigenvalue weighted by Crippen LogP contribution is -2.47. The van der Waals surface area contributed by atoms with E-state index in [4.69, 9.17) is 0 Å². The molecular formula is C10H25ClN4. The highest BCUT2D eigenvalue weighted by atomic mass is 35.5. The molecule has 0 amide bonds. The van der Waals surface area contributed by atoms with Crippen LogP contribution in [0, 0.1) is 0 Å². The minimum Gasteiger partial charge on any atom is -0.314 e. The van der Waals surface area contributed by atoms with E-state index in [0.29, 0.717) is 6.04 Å². The van der Waals surface area contributed by atoms with Crippen LogP contribution in [0.2, 0.25) is 0 Å². The molecular weight excluding hydrogens is 212 g/mol. The van der Waals surface area contributed by atoms with E-state index in [9.17, 15) is 0 Å². The second-order valence-electron chi connectivity index (χ2n) is 4.12. The van der Waals surface area contributed by atoms with E-state index in [2.05, 4.69) is 34.8 Å². The van der Waals surface area contributed by atoms with Gasteiger partial charge in [-0.25, -0.2) is 0 Å². The summed E-state index contributed by atoms with van der Waals surface area (Å²) in [6.45, 7) is 10.3. The Morgan fingerprint density at radius 2 is 1.53 bits per heavy atom. The van der Waals surface area contributed by atoms with Crippen molar-refractivity contribution in [1.29, 1.82) is 0 Å². The first kappa shape index (κ1) is 15.1. The van der Waals surface area contributed by atoms with Gasteiger partial charge in [0.1, 0.15) is 0 Å². The van der Waals surface area contributed by atoms with Crippen LogP contribution in [-0.4, -0.2) is 63.8 Å². The number of hydrogen-bond acceptors (Lipinski definition) is 4. The Labute approximate surface area is 99.6 Å². The minimum atomic E-state index is 0. The van der Waals surface area contributed by atoms with E-state index in [-0.39, 0.29) is 12.4 Å². The van der Waals surface area contributed by atoms with Gasteiger partial charge in [0.15, 0.2) is 0 Å². The number of piperazine rings is 2. The molecule has 0 aromatic carbocycles. The van der Waals surface area contributed by atoms with Crippen LogP contribution in [0.25, 0.3) is 0 Å². The van der Waals surface area contributed by atoms with Crippen LogP contribution in [0.4, 0.5) is 0 Å². The van der Waals surface area contributed by atoms with E-state index in [1.807, 2.05) is 0 Å². The molecule has 0 saturated carbocycles. The highest BCUT2D eigenvalue weighted by molar-refractivity contribution is 5.85. The lowest BCUT2D eigenvalue weighted by Gasteiger charge is -2.28. The van der Waals surface area contributed by atoms with Gasteiger partial charge in [-0.2, -0.15) is 0 Å². The Kier molecular flexibility index (Phi) is 9.44. The fourth-order valence-corrected chi connectivity index (χ4v) is 1.73. The molecule has 2 saturated heterocycles. The standard InChI is InChI=1S/C6H14N2.C4H10N2.ClH/c1-6-5-8(2)4-3-7-6;1-2-6-4-3-5-1;/h6-7H,3-5H2,1-2H3;5-6H,1-4H2;1H. The summed E-state index contributed by atoms with van der Waals surface area (Å²) in [6.07, 6.45) is 0. The van der Waals surface area contributed by atoms with Crippen molar-refractivity contribution in [2.45, 2.75) is 13.0 Å². The summed E-state index contributed by atoms with van der Waals surface area (Å²) >= 11 is 0. The van der Waals surface area contributed by atoms with Crippen LogP contribution in [0.5, 0.6) is 0 Å². The van der Waals surface area contributed by atoms with Gasteiger partial charge in [0.05, 0.1) is 0 Å². The third-order valence-electron chi connectivity index (χ3n) is 2.53. The Bertz CT molecular complexity index is 122. The highest BCUT2D eigenvalue weighted by Gasteiger charge is 2.09. The zero-order chi connectivity index (χ0) is 10.2. The van der Waals surface area contributed by atoms with Crippen molar-refractivity contribution in [3.05, 3.63) is 0 Å². The molecule has 1 atom stereocenters. The second-order valence-corrected chi connectivity index (χ2v) is 4.12. The van der Waals surface area contributed by atoms with Crippen LogP contribution in [-0.2, 0) is 0 Å². The van der Waals surface area contributed by atoms with Gasteiger partial charge < -0.3 is 20.9 Å². The van der Waals surface area contributed by atoms with Crippen molar-refractivity contribution in [2.24, 2.45) is 0 Å². The molecule has 15 heavy (non-hydrogen) atoms. The van der Waals surface area contributed by atoms with Gasteiger partial charge >= 0.3 is 0 Å². The average molecular weight is 237 g/mol. The van der Waals surface area contributed by atoms with Crippen molar-refractivity contribution in [3.8, 4) is 0 Å². The molecule has 0 spiro atoms. The average Bonchev–Trinajstić information content (AvgIpc) is 2.21. The quantitative estimate of drug-likeness (QED) is 0.531. The summed E-state index contributed by atoms with van der Waals surface area (Å²) in [7, 11) is 2.16. The van der Waals surface area contributed by atoms with E-state index >= 15 is 0 Å². The summed E-state index contributed by atoms with van der Waals surface area (Å²) in [4.78, 5) is 2.35. The molecule has 0 aromatic rings. The monoisotopic (exact) mass is 236 g/mol. The zero-order valence-corrected chi connectivity index (χ0v) is 10.7. The lowest BCUT2D eigenvalue weighted by molar-refractivity contribution is 0.248. The molecule has 2 heterocycles. The second kappa shape index (κ2) is 9.36. The fraction of sp³-hybridized carbons (Fsp3) is 1.00. The number of nitrogens with one attached hydrogen (secondary N) is 3. The SMILES string of the molecule is C1CNCCN1.CC1CN(C)CCN1.Cl. The molecule has 5 heteroatoms. The van der Waals surface area contributed by atoms with Crippen LogP contribution in [0.1, 0.15) is 6.92 Å². The van der Waals surface area contributed by atoms with Gasteiger partial charge in [0.25, 0.3) is 0 Å². The summed E-state index contributed by atoms with van der Waals surface area (Å²) in [5.41, 5.74) is 0. The maximum absolute atomic E-state index is 3.37. The molecule has 3 N–H and O–H groups in total. The maximum atomic E-state index is 3.37. The van der Waals surface area contributed by atoms with Crippen LogP contribution in [0.3, 0.4) is 0 Å². The number of hydrogen-bond donors (Lipinski definition) is 3. The molecule has 2 rings (SSSR count). The van der Waals surface area contributed by atoms with Crippen LogP contribution >= 0.6 is 12.4 Å². The molecule has 1 unspecified atom stereocenters. The molecule has 0 radical (unpaired) electrons. The first-order valence-corrected chi connectivity index (χ1v) is 5.62. The molecule has 0 bridgehead atoms. The summed E-state index contributed by atoms with van der Waals surface area (Å²) in [5, 5.41) is 9.82. The molecule has 0 aromatic heterocycles. The summed E-state index contributed by atoms with van der Waals surface area (Å²) in [5.74, 6) is 0. The lowest BCUT2D eigenvalue weighted by atomic mass is 10.2. The summed E-state index contributed by atoms with van der Waals surface area (Å²) in [6, 6.07) is 0.689. The highest BCUT2D eigenvalue weighted by Crippen LogP contribution is 1.92. The molecule has 2 aliphatic rings. The predicted octanol–water partition coefficient (Wildman–Crippen LogP) is -0.489. The number of likely N-dealkylation sites (N-methyl/N-ethyl adjacent to an activating group) is 1. The van der Waals surface area contributed by atoms with Crippen molar-refractivity contribution >= 4 is 12.4 Å². The third kappa shape index (κ3) is 7.99. The van der Waals surface area contributed by atoms with Gasteiger partial charge in [-0.3, -0.25) is 0 Å². The molecule has 2 fully saturated rings. The van der Waals surface area contributed by atoms with Crippen molar-refractivity contribution in [1.82, 2.24) is 20.9 Å². The Hall–Kier alpha value is 0.130.